The summed E-state index contributed by atoms with van der Waals surface area (Å²) >= 11 is 0. The van der Waals surface area contributed by atoms with Gasteiger partial charge in [-0.15, -0.1) is 0 Å². The van der Waals surface area contributed by atoms with Gasteiger partial charge in [-0.25, -0.2) is 4.98 Å². The minimum atomic E-state index is -0.386. The van der Waals surface area contributed by atoms with Gasteiger partial charge in [-0.3, -0.25) is 10.1 Å². The Morgan fingerprint density at radius 2 is 2.06 bits per heavy atom. The van der Waals surface area contributed by atoms with Crippen molar-refractivity contribution < 1.29 is 4.92 Å². The molecule has 1 aromatic carbocycles. The molecule has 1 aliphatic heterocycles. The summed E-state index contributed by atoms with van der Waals surface area (Å²) in [6, 6.07) is 11.0. The molecule has 1 aromatic heterocycles. The maximum absolute atomic E-state index is 11.0. The molecule has 0 unspecified atom stereocenters. The van der Waals surface area contributed by atoms with E-state index < -0.39 is 0 Å². The van der Waals surface area contributed by atoms with E-state index >= 15 is 0 Å². The van der Waals surface area contributed by atoms with Crippen molar-refractivity contribution in [2.75, 3.05) is 11.4 Å². The van der Waals surface area contributed by atoms with Gasteiger partial charge >= 0.3 is 5.69 Å². The van der Waals surface area contributed by atoms with Crippen molar-refractivity contribution in [1.82, 2.24) is 4.98 Å². The average Bonchev–Trinajstić information content (AvgIpc) is 2.82. The van der Waals surface area contributed by atoms with Gasteiger partial charge in [0.1, 0.15) is 0 Å². The summed E-state index contributed by atoms with van der Waals surface area (Å²) in [6.07, 6.45) is 2.48. The van der Waals surface area contributed by atoms with Crippen molar-refractivity contribution in [1.29, 1.82) is 0 Å². The highest BCUT2D eigenvalue weighted by Crippen LogP contribution is 2.37. The first-order valence-electron chi connectivity index (χ1n) is 5.72. The molecule has 0 N–H and O–H groups in total. The number of pyridine rings is 1. The van der Waals surface area contributed by atoms with E-state index in [-0.39, 0.29) is 10.6 Å². The van der Waals surface area contributed by atoms with E-state index in [1.54, 1.807) is 12.3 Å². The number of hydrogen-bond donors (Lipinski definition) is 0. The number of para-hydroxylation sites is 1. The molecular weight excluding hydrogens is 230 g/mol. The minimum Gasteiger partial charge on any atom is -0.320 e. The van der Waals surface area contributed by atoms with E-state index in [9.17, 15) is 10.1 Å². The quantitative estimate of drug-likeness (QED) is 0.599. The largest absolute Gasteiger partial charge is 0.320 e. The first-order chi connectivity index (χ1) is 8.77. The normalized spacial score (nSPS) is 13.4. The van der Waals surface area contributed by atoms with Crippen LogP contribution in [0.1, 0.15) is 5.56 Å². The van der Waals surface area contributed by atoms with Crippen LogP contribution in [0.15, 0.2) is 42.6 Å². The number of rotatable bonds is 2. The zero-order valence-electron chi connectivity index (χ0n) is 9.61. The summed E-state index contributed by atoms with van der Waals surface area (Å²) in [5, 5.41) is 11.0. The molecule has 2 aromatic rings. The summed E-state index contributed by atoms with van der Waals surface area (Å²) in [7, 11) is 0. The summed E-state index contributed by atoms with van der Waals surface area (Å²) in [4.78, 5) is 16.7. The predicted octanol–water partition coefficient (Wildman–Crippen LogP) is 2.68. The fraction of sp³-hybridized carbons (Fsp3) is 0.154. The van der Waals surface area contributed by atoms with Crippen molar-refractivity contribution in [3.63, 3.8) is 0 Å². The number of nitro groups is 1. The Labute approximate surface area is 104 Å². The van der Waals surface area contributed by atoms with Crippen LogP contribution in [0, 0.1) is 10.1 Å². The van der Waals surface area contributed by atoms with Crippen molar-refractivity contribution in [3.05, 3.63) is 58.3 Å². The van der Waals surface area contributed by atoms with Crippen LogP contribution in [-0.4, -0.2) is 16.5 Å². The van der Waals surface area contributed by atoms with Gasteiger partial charge in [-0.1, -0.05) is 18.2 Å². The second kappa shape index (κ2) is 4.10. The van der Waals surface area contributed by atoms with Gasteiger partial charge in [0.2, 0.25) is 5.82 Å². The van der Waals surface area contributed by atoms with Gasteiger partial charge in [0.15, 0.2) is 0 Å². The van der Waals surface area contributed by atoms with Crippen LogP contribution in [0.3, 0.4) is 0 Å². The highest BCUT2D eigenvalue weighted by molar-refractivity contribution is 5.72. The molecule has 0 amide bonds. The van der Waals surface area contributed by atoms with Gasteiger partial charge < -0.3 is 4.90 Å². The van der Waals surface area contributed by atoms with E-state index in [2.05, 4.69) is 4.98 Å². The molecule has 0 bridgehead atoms. The van der Waals surface area contributed by atoms with Gasteiger partial charge in [0.05, 0.1) is 4.92 Å². The highest BCUT2D eigenvalue weighted by atomic mass is 16.6. The topological polar surface area (TPSA) is 59.3 Å². The van der Waals surface area contributed by atoms with E-state index in [0.29, 0.717) is 5.82 Å². The number of anilines is 2. The molecule has 0 radical (unpaired) electrons. The smallest absolute Gasteiger partial charge is 0.311 e. The molecule has 0 atom stereocenters. The third-order valence-corrected chi connectivity index (χ3v) is 3.11. The molecule has 5 nitrogen and oxygen atoms in total. The lowest BCUT2D eigenvalue weighted by molar-refractivity contribution is -0.384. The van der Waals surface area contributed by atoms with Crippen LogP contribution in [0.25, 0.3) is 0 Å². The molecule has 5 heteroatoms. The third-order valence-electron chi connectivity index (χ3n) is 3.11. The molecular formula is C13H11N3O2. The summed E-state index contributed by atoms with van der Waals surface area (Å²) in [5.74, 6) is 0.424. The summed E-state index contributed by atoms with van der Waals surface area (Å²) in [6.45, 7) is 0.733. The average molecular weight is 241 g/mol. The maximum atomic E-state index is 11.0. The van der Waals surface area contributed by atoms with Gasteiger partial charge in [-0.2, -0.15) is 0 Å². The SMILES string of the molecule is O=[N+]([O-])c1cccnc1N1CCc2ccccc21. The first kappa shape index (κ1) is 10.7. The van der Waals surface area contributed by atoms with E-state index in [4.69, 9.17) is 0 Å². The lowest BCUT2D eigenvalue weighted by Gasteiger charge is -2.17. The Morgan fingerprint density at radius 3 is 2.89 bits per heavy atom. The van der Waals surface area contributed by atoms with Gasteiger partial charge in [-0.05, 0) is 24.1 Å². The summed E-state index contributed by atoms with van der Waals surface area (Å²) in [5.41, 5.74) is 2.27. The Kier molecular flexibility index (Phi) is 2.44. The number of benzene rings is 1. The Balaban J connectivity index is 2.10. The van der Waals surface area contributed by atoms with Crippen LogP contribution in [0.5, 0.6) is 0 Å². The van der Waals surface area contributed by atoms with Crippen LogP contribution in [0.2, 0.25) is 0 Å². The lowest BCUT2D eigenvalue weighted by Crippen LogP contribution is -2.16. The standard InChI is InChI=1S/C13H11N3O2/c17-16(18)12-6-3-8-14-13(12)15-9-7-10-4-1-2-5-11(10)15/h1-6,8H,7,9H2. The number of fused-ring (bicyclic) bond motifs is 1. The Bertz CT molecular complexity index is 613. The molecule has 1 aliphatic rings. The van der Waals surface area contributed by atoms with Crippen molar-refractivity contribution in [3.8, 4) is 0 Å². The molecule has 0 saturated carbocycles. The summed E-state index contributed by atoms with van der Waals surface area (Å²) < 4.78 is 0. The van der Waals surface area contributed by atoms with Crippen LogP contribution < -0.4 is 4.90 Å². The molecule has 90 valence electrons. The first-order valence-corrected chi connectivity index (χ1v) is 5.72. The molecule has 0 saturated heterocycles. The molecule has 0 spiro atoms. The van der Waals surface area contributed by atoms with E-state index in [1.807, 2.05) is 29.2 Å². The van der Waals surface area contributed by atoms with E-state index in [1.165, 1.54) is 11.6 Å². The third kappa shape index (κ3) is 1.60. The number of nitrogens with zero attached hydrogens (tertiary/aromatic N) is 3. The second-order valence-electron chi connectivity index (χ2n) is 4.13. The van der Waals surface area contributed by atoms with Crippen LogP contribution in [-0.2, 0) is 6.42 Å². The maximum Gasteiger partial charge on any atom is 0.311 e. The second-order valence-corrected chi connectivity index (χ2v) is 4.13. The molecule has 2 heterocycles. The van der Waals surface area contributed by atoms with Gasteiger partial charge in [0, 0.05) is 24.5 Å². The Morgan fingerprint density at radius 1 is 1.22 bits per heavy atom. The molecule has 18 heavy (non-hydrogen) atoms. The lowest BCUT2D eigenvalue weighted by atomic mass is 10.2. The zero-order valence-corrected chi connectivity index (χ0v) is 9.61. The van der Waals surface area contributed by atoms with Crippen molar-refractivity contribution in [2.24, 2.45) is 0 Å². The fourth-order valence-corrected chi connectivity index (χ4v) is 2.30. The van der Waals surface area contributed by atoms with Gasteiger partial charge in [0.25, 0.3) is 0 Å². The zero-order chi connectivity index (χ0) is 12.5. The van der Waals surface area contributed by atoms with Crippen LogP contribution in [0.4, 0.5) is 17.2 Å². The molecule has 0 fully saturated rings. The fourth-order valence-electron chi connectivity index (χ4n) is 2.30. The number of hydrogen-bond acceptors (Lipinski definition) is 4. The monoisotopic (exact) mass is 241 g/mol. The minimum absolute atomic E-state index is 0.0502. The highest BCUT2D eigenvalue weighted by Gasteiger charge is 2.26. The number of aromatic nitrogens is 1. The van der Waals surface area contributed by atoms with E-state index in [0.717, 1.165) is 18.7 Å². The van der Waals surface area contributed by atoms with Crippen LogP contribution >= 0.6 is 0 Å². The van der Waals surface area contributed by atoms with Crippen molar-refractivity contribution >= 4 is 17.2 Å². The predicted molar refractivity (Wildman–Crippen MR) is 68.0 cm³/mol. The molecule has 0 aliphatic carbocycles. The Hall–Kier alpha value is -2.43. The molecule has 3 rings (SSSR count). The van der Waals surface area contributed by atoms with Crippen molar-refractivity contribution in [2.45, 2.75) is 6.42 Å².